The SMILES string of the molecule is Cc1c(CN(C)C2CCNCC2)[nH]c2ccccc12.Cl.Cl. The molecule has 0 aliphatic carbocycles. The van der Waals surface area contributed by atoms with E-state index in [1.807, 2.05) is 0 Å². The highest BCUT2D eigenvalue weighted by molar-refractivity contribution is 5.85. The fourth-order valence-electron chi connectivity index (χ4n) is 3.12. The molecule has 0 atom stereocenters. The zero-order valence-electron chi connectivity index (χ0n) is 12.7. The van der Waals surface area contributed by atoms with Crippen molar-refractivity contribution in [3.63, 3.8) is 0 Å². The molecule has 0 spiro atoms. The molecule has 3 nitrogen and oxygen atoms in total. The predicted molar refractivity (Wildman–Crippen MR) is 94.9 cm³/mol. The van der Waals surface area contributed by atoms with E-state index in [0.717, 1.165) is 19.6 Å². The van der Waals surface area contributed by atoms with Gasteiger partial charge < -0.3 is 10.3 Å². The second kappa shape index (κ2) is 8.04. The summed E-state index contributed by atoms with van der Waals surface area (Å²) in [6.07, 6.45) is 2.52. The molecule has 0 radical (unpaired) electrons. The van der Waals surface area contributed by atoms with Gasteiger partial charge in [0.2, 0.25) is 0 Å². The quantitative estimate of drug-likeness (QED) is 0.902. The van der Waals surface area contributed by atoms with Crippen molar-refractivity contribution in [2.24, 2.45) is 0 Å². The molecule has 1 aromatic carbocycles. The van der Waals surface area contributed by atoms with Gasteiger partial charge in [-0.3, -0.25) is 4.90 Å². The van der Waals surface area contributed by atoms with Crippen LogP contribution in [0.5, 0.6) is 0 Å². The normalized spacial score (nSPS) is 15.8. The van der Waals surface area contributed by atoms with Crippen LogP contribution in [0, 0.1) is 6.92 Å². The van der Waals surface area contributed by atoms with Gasteiger partial charge in [0, 0.05) is 29.2 Å². The molecule has 118 valence electrons. The minimum Gasteiger partial charge on any atom is -0.357 e. The van der Waals surface area contributed by atoms with Crippen molar-refractivity contribution < 1.29 is 0 Å². The lowest BCUT2D eigenvalue weighted by Gasteiger charge is -2.31. The Kier molecular flexibility index (Phi) is 7.01. The highest BCUT2D eigenvalue weighted by Gasteiger charge is 2.19. The zero-order chi connectivity index (χ0) is 13.2. The lowest BCUT2D eigenvalue weighted by molar-refractivity contribution is 0.190. The third kappa shape index (κ3) is 3.92. The number of piperidine rings is 1. The number of rotatable bonds is 3. The molecule has 1 aliphatic heterocycles. The molecule has 2 aromatic rings. The molecule has 3 rings (SSSR count). The molecule has 0 bridgehead atoms. The number of benzene rings is 1. The maximum atomic E-state index is 3.58. The van der Waals surface area contributed by atoms with Crippen LogP contribution in [0.4, 0.5) is 0 Å². The summed E-state index contributed by atoms with van der Waals surface area (Å²) in [5.41, 5.74) is 4.02. The highest BCUT2D eigenvalue weighted by atomic mass is 35.5. The van der Waals surface area contributed by atoms with E-state index >= 15 is 0 Å². The summed E-state index contributed by atoms with van der Waals surface area (Å²) in [6.45, 7) is 5.55. The number of H-pyrrole nitrogens is 1. The Labute approximate surface area is 139 Å². The number of aromatic amines is 1. The largest absolute Gasteiger partial charge is 0.357 e. The zero-order valence-corrected chi connectivity index (χ0v) is 14.3. The van der Waals surface area contributed by atoms with Gasteiger partial charge in [0.1, 0.15) is 0 Å². The van der Waals surface area contributed by atoms with Crippen molar-refractivity contribution in [1.29, 1.82) is 0 Å². The number of hydrogen-bond donors (Lipinski definition) is 2. The Morgan fingerprint density at radius 2 is 1.81 bits per heavy atom. The molecular formula is C16H25Cl2N3. The van der Waals surface area contributed by atoms with Gasteiger partial charge >= 0.3 is 0 Å². The molecule has 1 fully saturated rings. The molecule has 5 heteroatoms. The van der Waals surface area contributed by atoms with Crippen LogP contribution in [-0.4, -0.2) is 36.1 Å². The van der Waals surface area contributed by atoms with E-state index in [-0.39, 0.29) is 24.8 Å². The van der Waals surface area contributed by atoms with Crippen LogP contribution < -0.4 is 5.32 Å². The van der Waals surface area contributed by atoms with Gasteiger partial charge in [-0.1, -0.05) is 18.2 Å². The molecule has 2 N–H and O–H groups in total. The summed E-state index contributed by atoms with van der Waals surface area (Å²) < 4.78 is 0. The molecule has 21 heavy (non-hydrogen) atoms. The molecule has 0 unspecified atom stereocenters. The van der Waals surface area contributed by atoms with Crippen LogP contribution in [-0.2, 0) is 6.54 Å². The van der Waals surface area contributed by atoms with Gasteiger partial charge in [-0.2, -0.15) is 0 Å². The minimum atomic E-state index is 0. The molecule has 1 aromatic heterocycles. The third-order valence-corrected chi connectivity index (χ3v) is 4.41. The smallest absolute Gasteiger partial charge is 0.0459 e. The number of nitrogens with one attached hydrogen (secondary N) is 2. The van der Waals surface area contributed by atoms with Gasteiger partial charge in [0.15, 0.2) is 0 Å². The highest BCUT2D eigenvalue weighted by Crippen LogP contribution is 2.23. The van der Waals surface area contributed by atoms with Crippen molar-refractivity contribution in [2.45, 2.75) is 32.4 Å². The summed E-state index contributed by atoms with van der Waals surface area (Å²) in [7, 11) is 2.25. The van der Waals surface area contributed by atoms with Crippen molar-refractivity contribution in [2.75, 3.05) is 20.1 Å². The monoisotopic (exact) mass is 329 g/mol. The second-order valence-electron chi connectivity index (χ2n) is 5.67. The second-order valence-corrected chi connectivity index (χ2v) is 5.67. The van der Waals surface area contributed by atoms with Crippen LogP contribution in [0.3, 0.4) is 0 Å². The third-order valence-electron chi connectivity index (χ3n) is 4.41. The van der Waals surface area contributed by atoms with Crippen LogP contribution in [0.1, 0.15) is 24.1 Å². The van der Waals surface area contributed by atoms with Gasteiger partial charge in [0.05, 0.1) is 0 Å². The number of nitrogens with zero attached hydrogens (tertiary/aromatic N) is 1. The summed E-state index contributed by atoms with van der Waals surface area (Å²) in [5, 5.41) is 4.79. The Morgan fingerprint density at radius 3 is 2.48 bits per heavy atom. The molecule has 1 saturated heterocycles. The van der Waals surface area contributed by atoms with E-state index in [1.54, 1.807) is 0 Å². The summed E-state index contributed by atoms with van der Waals surface area (Å²) in [4.78, 5) is 6.08. The van der Waals surface area contributed by atoms with E-state index in [4.69, 9.17) is 0 Å². The van der Waals surface area contributed by atoms with Gasteiger partial charge in [0.25, 0.3) is 0 Å². The Hall–Kier alpha value is -0.740. The fourth-order valence-corrected chi connectivity index (χ4v) is 3.12. The van der Waals surface area contributed by atoms with Crippen LogP contribution in [0.15, 0.2) is 24.3 Å². The Balaban J connectivity index is 0.00000110. The number of hydrogen-bond acceptors (Lipinski definition) is 2. The van der Waals surface area contributed by atoms with Crippen molar-refractivity contribution >= 4 is 35.7 Å². The average Bonchev–Trinajstić information content (AvgIpc) is 2.77. The molecule has 2 heterocycles. The van der Waals surface area contributed by atoms with Crippen LogP contribution in [0.25, 0.3) is 10.9 Å². The van der Waals surface area contributed by atoms with E-state index in [2.05, 4.69) is 53.4 Å². The van der Waals surface area contributed by atoms with Crippen LogP contribution in [0.2, 0.25) is 0 Å². The van der Waals surface area contributed by atoms with E-state index in [1.165, 1.54) is 35.0 Å². The standard InChI is InChI=1S/C16H23N3.2ClH/c1-12-14-5-3-4-6-15(14)18-16(12)11-19(2)13-7-9-17-10-8-13;;/h3-6,13,17-18H,7-11H2,1-2H3;2*1H. The van der Waals surface area contributed by atoms with Gasteiger partial charge in [-0.05, 0) is 51.5 Å². The van der Waals surface area contributed by atoms with Gasteiger partial charge in [-0.25, -0.2) is 0 Å². The first-order chi connectivity index (χ1) is 9.25. The molecule has 0 amide bonds. The van der Waals surface area contributed by atoms with Crippen molar-refractivity contribution in [3.8, 4) is 0 Å². The lowest BCUT2D eigenvalue weighted by Crippen LogP contribution is -2.40. The van der Waals surface area contributed by atoms with E-state index in [0.29, 0.717) is 6.04 Å². The Morgan fingerprint density at radius 1 is 1.14 bits per heavy atom. The maximum Gasteiger partial charge on any atom is 0.0459 e. The van der Waals surface area contributed by atoms with Crippen LogP contribution >= 0.6 is 24.8 Å². The van der Waals surface area contributed by atoms with Crippen molar-refractivity contribution in [3.05, 3.63) is 35.5 Å². The predicted octanol–water partition coefficient (Wildman–Crippen LogP) is 3.50. The summed E-state index contributed by atoms with van der Waals surface area (Å²) in [5.74, 6) is 0. The van der Waals surface area contributed by atoms with Crippen molar-refractivity contribution in [1.82, 2.24) is 15.2 Å². The molecular weight excluding hydrogens is 305 g/mol. The number of para-hydroxylation sites is 1. The lowest BCUT2D eigenvalue weighted by atomic mass is 10.0. The Bertz CT molecular complexity index is 562. The fraction of sp³-hybridized carbons (Fsp3) is 0.500. The topological polar surface area (TPSA) is 31.1 Å². The first-order valence-corrected chi connectivity index (χ1v) is 7.23. The minimum absolute atomic E-state index is 0. The van der Waals surface area contributed by atoms with Gasteiger partial charge in [-0.15, -0.1) is 24.8 Å². The summed E-state index contributed by atoms with van der Waals surface area (Å²) in [6, 6.07) is 9.29. The number of aryl methyl sites for hydroxylation is 1. The number of fused-ring (bicyclic) bond motifs is 1. The average molecular weight is 330 g/mol. The first kappa shape index (κ1) is 18.3. The van der Waals surface area contributed by atoms with E-state index < -0.39 is 0 Å². The van der Waals surface area contributed by atoms with E-state index in [9.17, 15) is 0 Å². The number of halogens is 2. The summed E-state index contributed by atoms with van der Waals surface area (Å²) >= 11 is 0. The maximum absolute atomic E-state index is 3.58. The number of aromatic nitrogens is 1. The molecule has 0 saturated carbocycles. The molecule has 1 aliphatic rings. The first-order valence-electron chi connectivity index (χ1n) is 7.23.